The van der Waals surface area contributed by atoms with Crippen molar-refractivity contribution in [2.75, 3.05) is 4.90 Å². The molecule has 1 aromatic heterocycles. The van der Waals surface area contributed by atoms with Crippen molar-refractivity contribution in [1.29, 1.82) is 0 Å². The molecule has 2 nitrogen and oxygen atoms in total. The summed E-state index contributed by atoms with van der Waals surface area (Å²) in [5.41, 5.74) is 17.8. The Morgan fingerprint density at radius 1 is 0.482 bits per heavy atom. The van der Waals surface area contributed by atoms with E-state index in [2.05, 4.69) is 160 Å². The average Bonchev–Trinajstić information content (AvgIpc) is 3.73. The second-order valence-corrected chi connectivity index (χ2v) is 19.6. The third-order valence-corrected chi connectivity index (χ3v) is 15.7. The van der Waals surface area contributed by atoms with E-state index in [0.717, 1.165) is 51.3 Å². The van der Waals surface area contributed by atoms with Crippen LogP contribution in [0, 0.1) is 23.7 Å². The van der Waals surface area contributed by atoms with Crippen molar-refractivity contribution in [2.45, 2.75) is 88.9 Å². The molecule has 4 saturated carbocycles. The van der Waals surface area contributed by atoms with Crippen LogP contribution in [0.5, 0.6) is 0 Å². The lowest BCUT2D eigenvalue weighted by atomic mass is 9.42. The fraction of sp³-hybridized carbons (Fsp3) is 0.333. The van der Waals surface area contributed by atoms with E-state index >= 15 is 0 Å². The van der Waals surface area contributed by atoms with Crippen molar-refractivity contribution in [3.05, 3.63) is 150 Å². The van der Waals surface area contributed by atoms with Gasteiger partial charge in [-0.1, -0.05) is 107 Å². The van der Waals surface area contributed by atoms with E-state index in [1.165, 1.54) is 89.7 Å². The minimum absolute atomic E-state index is 0.111. The van der Waals surface area contributed by atoms with Crippen LogP contribution >= 0.6 is 0 Å². The molecule has 6 aliphatic rings. The molecule has 0 saturated heterocycles. The van der Waals surface area contributed by atoms with Gasteiger partial charge in [-0.05, 0) is 172 Å². The maximum atomic E-state index is 6.31. The first-order valence-electron chi connectivity index (χ1n) is 21.4. The maximum Gasteiger partial charge on any atom is 0.135 e. The molecule has 0 atom stereocenters. The number of nitrogens with zero attached hydrogens (tertiary/aromatic N) is 1. The summed E-state index contributed by atoms with van der Waals surface area (Å²) >= 11 is 0. The highest BCUT2D eigenvalue weighted by atomic mass is 16.3. The van der Waals surface area contributed by atoms with Crippen molar-refractivity contribution >= 4 is 39.0 Å². The van der Waals surface area contributed by atoms with Gasteiger partial charge in [-0.15, -0.1) is 0 Å². The molecular formula is C54H51NO. The van der Waals surface area contributed by atoms with Crippen molar-refractivity contribution < 1.29 is 4.42 Å². The molecule has 6 aliphatic carbocycles. The van der Waals surface area contributed by atoms with E-state index in [9.17, 15) is 0 Å². The van der Waals surface area contributed by atoms with Crippen molar-refractivity contribution in [3.8, 4) is 22.3 Å². The zero-order chi connectivity index (χ0) is 37.6. The highest BCUT2D eigenvalue weighted by Crippen LogP contribution is 2.70. The number of fused-ring (bicyclic) bond motifs is 7. The molecule has 0 unspecified atom stereocenters. The van der Waals surface area contributed by atoms with Gasteiger partial charge in [-0.25, -0.2) is 0 Å². The predicted molar refractivity (Wildman–Crippen MR) is 232 cm³/mol. The van der Waals surface area contributed by atoms with Crippen LogP contribution in [0.15, 0.2) is 132 Å². The number of para-hydroxylation sites is 1. The Morgan fingerprint density at radius 3 is 1.88 bits per heavy atom. The summed E-state index contributed by atoms with van der Waals surface area (Å²) in [6.07, 6.45) is 9.46. The second kappa shape index (κ2) is 11.5. The van der Waals surface area contributed by atoms with Crippen LogP contribution < -0.4 is 4.90 Å². The van der Waals surface area contributed by atoms with Crippen LogP contribution in [0.3, 0.4) is 0 Å². The quantitative estimate of drug-likeness (QED) is 0.179. The standard InChI is InChI=1S/C54H51NO/c1-52(2)24-25-53(3,4)48-32-40(20-22-47(48)52)55(39-21-23-50-45(31-39)43-11-6-8-15-49(43)56-50)38-18-16-35(17-19-38)41-12-9-13-44-42-10-5-7-14-46(42)54(51(41)44)36-27-33-26-34(29-36)30-37(54)28-33/h5-23,31-34,36-37H,24-30H2,1-4H3. The van der Waals surface area contributed by atoms with Crippen molar-refractivity contribution in [2.24, 2.45) is 23.7 Å². The zero-order valence-electron chi connectivity index (χ0n) is 33.2. The number of hydrogen-bond acceptors (Lipinski definition) is 2. The van der Waals surface area contributed by atoms with Gasteiger partial charge in [-0.3, -0.25) is 0 Å². The molecule has 0 radical (unpaired) electrons. The predicted octanol–water partition coefficient (Wildman–Crippen LogP) is 14.8. The summed E-state index contributed by atoms with van der Waals surface area (Å²) in [6, 6.07) is 48.7. The number of furan rings is 1. The van der Waals surface area contributed by atoms with Gasteiger partial charge < -0.3 is 9.32 Å². The van der Waals surface area contributed by atoms with Gasteiger partial charge in [0.25, 0.3) is 0 Å². The third-order valence-electron chi connectivity index (χ3n) is 15.7. The van der Waals surface area contributed by atoms with E-state index in [0.29, 0.717) is 0 Å². The molecule has 56 heavy (non-hydrogen) atoms. The van der Waals surface area contributed by atoms with E-state index < -0.39 is 0 Å². The molecule has 4 bridgehead atoms. The molecule has 0 N–H and O–H groups in total. The Balaban J connectivity index is 1.02. The van der Waals surface area contributed by atoms with E-state index in [-0.39, 0.29) is 16.2 Å². The van der Waals surface area contributed by atoms with Crippen LogP contribution in [-0.2, 0) is 16.2 Å². The molecule has 1 heterocycles. The lowest BCUT2D eigenvalue weighted by Gasteiger charge is -2.61. The smallest absolute Gasteiger partial charge is 0.135 e. The number of rotatable bonds is 4. The number of anilines is 3. The summed E-state index contributed by atoms with van der Waals surface area (Å²) < 4.78 is 6.31. The van der Waals surface area contributed by atoms with E-state index in [1.807, 2.05) is 0 Å². The number of benzene rings is 6. The normalized spacial score (nSPS) is 26.1. The molecule has 7 aromatic rings. The fourth-order valence-electron chi connectivity index (χ4n) is 13.3. The highest BCUT2D eigenvalue weighted by molar-refractivity contribution is 6.06. The molecule has 6 aromatic carbocycles. The molecule has 13 rings (SSSR count). The Kier molecular flexibility index (Phi) is 6.80. The van der Waals surface area contributed by atoms with E-state index in [4.69, 9.17) is 4.42 Å². The van der Waals surface area contributed by atoms with Crippen LogP contribution in [-0.4, -0.2) is 0 Å². The molecule has 0 amide bonds. The largest absolute Gasteiger partial charge is 0.456 e. The van der Waals surface area contributed by atoms with Gasteiger partial charge >= 0.3 is 0 Å². The summed E-state index contributed by atoms with van der Waals surface area (Å²) in [7, 11) is 0. The number of hydrogen-bond donors (Lipinski definition) is 0. The highest BCUT2D eigenvalue weighted by Gasteiger charge is 2.62. The fourth-order valence-corrected chi connectivity index (χ4v) is 13.3. The molecule has 278 valence electrons. The SMILES string of the molecule is CC1(C)CCC(C)(C)c2cc(N(c3ccc(-c4cccc5c4C4(c6ccccc6-5)C5CC6CC(C5)CC4C6)cc3)c3ccc4oc5ccccc5c4c3)ccc21. The molecular weight excluding hydrogens is 679 g/mol. The van der Waals surface area contributed by atoms with Crippen LogP contribution in [0.1, 0.15) is 94.9 Å². The minimum Gasteiger partial charge on any atom is -0.456 e. The minimum atomic E-state index is 0.111. The molecule has 4 fully saturated rings. The van der Waals surface area contributed by atoms with Crippen LogP contribution in [0.2, 0.25) is 0 Å². The van der Waals surface area contributed by atoms with Gasteiger partial charge in [-0.2, -0.15) is 0 Å². The first-order chi connectivity index (χ1) is 27.2. The molecule has 0 aliphatic heterocycles. The first kappa shape index (κ1) is 33.1. The zero-order valence-corrected chi connectivity index (χ0v) is 33.2. The average molecular weight is 730 g/mol. The Labute approximate surface area is 331 Å². The molecule has 2 heteroatoms. The Hall–Kier alpha value is -5.08. The second-order valence-electron chi connectivity index (χ2n) is 19.6. The van der Waals surface area contributed by atoms with Gasteiger partial charge in [0, 0.05) is 33.2 Å². The summed E-state index contributed by atoms with van der Waals surface area (Å²) in [5, 5.41) is 2.31. The monoisotopic (exact) mass is 729 g/mol. The van der Waals surface area contributed by atoms with Gasteiger partial charge in [0.15, 0.2) is 0 Å². The van der Waals surface area contributed by atoms with Crippen LogP contribution in [0.4, 0.5) is 17.1 Å². The van der Waals surface area contributed by atoms with Crippen molar-refractivity contribution in [1.82, 2.24) is 0 Å². The Morgan fingerprint density at radius 2 is 1.09 bits per heavy atom. The van der Waals surface area contributed by atoms with Gasteiger partial charge in [0.1, 0.15) is 11.2 Å². The summed E-state index contributed by atoms with van der Waals surface area (Å²) in [6.45, 7) is 9.70. The van der Waals surface area contributed by atoms with E-state index in [1.54, 1.807) is 11.1 Å². The summed E-state index contributed by atoms with van der Waals surface area (Å²) in [5.74, 6) is 3.33. The summed E-state index contributed by atoms with van der Waals surface area (Å²) in [4.78, 5) is 2.48. The van der Waals surface area contributed by atoms with Gasteiger partial charge in [0.2, 0.25) is 0 Å². The lowest BCUT2D eigenvalue weighted by Crippen LogP contribution is -2.55. The van der Waals surface area contributed by atoms with Crippen LogP contribution in [0.25, 0.3) is 44.2 Å². The lowest BCUT2D eigenvalue weighted by molar-refractivity contribution is -0.0397. The topological polar surface area (TPSA) is 16.4 Å². The van der Waals surface area contributed by atoms with Crippen molar-refractivity contribution in [3.63, 3.8) is 0 Å². The first-order valence-corrected chi connectivity index (χ1v) is 21.4. The molecule has 1 spiro atoms. The maximum absolute atomic E-state index is 6.31. The Bertz CT molecular complexity index is 2700. The third kappa shape index (κ3) is 4.50. The van der Waals surface area contributed by atoms with Gasteiger partial charge in [0.05, 0.1) is 0 Å².